The summed E-state index contributed by atoms with van der Waals surface area (Å²) in [4.78, 5) is 17.8. The molecule has 0 bridgehead atoms. The third kappa shape index (κ3) is 3.64. The van der Waals surface area contributed by atoms with Crippen molar-refractivity contribution in [3.63, 3.8) is 0 Å². The molecule has 2 fully saturated rings. The summed E-state index contributed by atoms with van der Waals surface area (Å²) >= 11 is 1.65. The largest absolute Gasteiger partial charge is 0.370 e. The summed E-state index contributed by atoms with van der Waals surface area (Å²) in [6.45, 7) is 3.18. The third-order valence-corrected chi connectivity index (χ3v) is 6.18. The quantitative estimate of drug-likeness (QED) is 0.826. The Morgan fingerprint density at radius 1 is 1.28 bits per heavy atom. The summed E-state index contributed by atoms with van der Waals surface area (Å²) in [7, 11) is 2.17. The lowest BCUT2D eigenvalue weighted by Crippen LogP contribution is -2.63. The second-order valence-corrected chi connectivity index (χ2v) is 8.29. The van der Waals surface area contributed by atoms with Gasteiger partial charge in [-0.05, 0) is 30.5 Å². The number of ether oxygens (including phenoxy) is 1. The van der Waals surface area contributed by atoms with Crippen LogP contribution in [0, 0.1) is 0 Å². The molecule has 132 valence electrons. The molecule has 1 aromatic heterocycles. The SMILES string of the molecule is CN(Cc1ccccc1)C1COC2(C1)CN(C(=O)Cc1cccs1)C2. The van der Waals surface area contributed by atoms with Crippen molar-refractivity contribution in [1.29, 1.82) is 0 Å². The summed E-state index contributed by atoms with van der Waals surface area (Å²) < 4.78 is 6.13. The lowest BCUT2D eigenvalue weighted by molar-refractivity contribution is -0.157. The number of thiophene rings is 1. The fourth-order valence-corrected chi connectivity index (χ4v) is 4.52. The molecule has 2 saturated heterocycles. The highest BCUT2D eigenvalue weighted by molar-refractivity contribution is 7.10. The van der Waals surface area contributed by atoms with Crippen LogP contribution in [0.2, 0.25) is 0 Å². The van der Waals surface area contributed by atoms with E-state index in [4.69, 9.17) is 4.74 Å². The van der Waals surface area contributed by atoms with Crippen LogP contribution >= 0.6 is 11.3 Å². The van der Waals surface area contributed by atoms with E-state index in [9.17, 15) is 4.79 Å². The highest BCUT2D eigenvalue weighted by atomic mass is 32.1. The molecule has 1 spiro atoms. The van der Waals surface area contributed by atoms with Gasteiger partial charge in [-0.1, -0.05) is 36.4 Å². The van der Waals surface area contributed by atoms with Gasteiger partial charge in [0.1, 0.15) is 5.60 Å². The number of likely N-dealkylation sites (tertiary alicyclic amines) is 1. The second kappa shape index (κ2) is 6.90. The van der Waals surface area contributed by atoms with Crippen molar-refractivity contribution in [3.8, 4) is 0 Å². The molecule has 4 nitrogen and oxygen atoms in total. The maximum atomic E-state index is 12.4. The number of rotatable bonds is 5. The molecule has 1 atom stereocenters. The first-order valence-electron chi connectivity index (χ1n) is 8.82. The molecule has 2 aliphatic rings. The number of amides is 1. The predicted molar refractivity (Wildman–Crippen MR) is 99.6 cm³/mol. The average Bonchev–Trinajstić information content (AvgIpc) is 3.23. The molecule has 2 aliphatic heterocycles. The Morgan fingerprint density at radius 2 is 2.08 bits per heavy atom. The number of hydrogen-bond donors (Lipinski definition) is 0. The van der Waals surface area contributed by atoms with Crippen LogP contribution in [0.15, 0.2) is 47.8 Å². The van der Waals surface area contributed by atoms with Gasteiger partial charge in [0, 0.05) is 17.5 Å². The monoisotopic (exact) mass is 356 g/mol. The minimum Gasteiger partial charge on any atom is -0.370 e. The van der Waals surface area contributed by atoms with Gasteiger partial charge in [-0.2, -0.15) is 0 Å². The van der Waals surface area contributed by atoms with E-state index < -0.39 is 0 Å². The molecule has 3 heterocycles. The Balaban J connectivity index is 1.27. The van der Waals surface area contributed by atoms with Crippen LogP contribution in [0.25, 0.3) is 0 Å². The predicted octanol–water partition coefficient (Wildman–Crippen LogP) is 2.79. The molecule has 0 aliphatic carbocycles. The molecular weight excluding hydrogens is 332 g/mol. The molecule has 1 aromatic carbocycles. The van der Waals surface area contributed by atoms with Gasteiger partial charge in [-0.15, -0.1) is 11.3 Å². The van der Waals surface area contributed by atoms with Gasteiger partial charge in [0.15, 0.2) is 0 Å². The zero-order valence-corrected chi connectivity index (χ0v) is 15.4. The van der Waals surface area contributed by atoms with Gasteiger partial charge in [0.05, 0.1) is 26.1 Å². The average molecular weight is 356 g/mol. The number of nitrogens with zero attached hydrogens (tertiary/aromatic N) is 2. The van der Waals surface area contributed by atoms with E-state index in [0.717, 1.165) is 37.5 Å². The maximum absolute atomic E-state index is 12.4. The summed E-state index contributed by atoms with van der Waals surface area (Å²) in [5.41, 5.74) is 1.22. The first-order valence-corrected chi connectivity index (χ1v) is 9.70. The van der Waals surface area contributed by atoms with E-state index in [1.807, 2.05) is 28.5 Å². The lowest BCUT2D eigenvalue weighted by atomic mass is 9.88. The van der Waals surface area contributed by atoms with Gasteiger partial charge in [-0.3, -0.25) is 9.69 Å². The Bertz CT molecular complexity index is 711. The van der Waals surface area contributed by atoms with E-state index in [2.05, 4.69) is 36.2 Å². The smallest absolute Gasteiger partial charge is 0.228 e. The molecule has 1 unspecified atom stereocenters. The Morgan fingerprint density at radius 3 is 2.80 bits per heavy atom. The van der Waals surface area contributed by atoms with Crippen molar-refractivity contribution in [3.05, 3.63) is 58.3 Å². The summed E-state index contributed by atoms with van der Waals surface area (Å²) in [5, 5.41) is 2.02. The van der Waals surface area contributed by atoms with Gasteiger partial charge < -0.3 is 9.64 Å². The van der Waals surface area contributed by atoms with Crippen LogP contribution in [-0.2, 0) is 22.5 Å². The van der Waals surface area contributed by atoms with Gasteiger partial charge in [0.25, 0.3) is 0 Å². The third-order valence-electron chi connectivity index (χ3n) is 5.30. The Labute approximate surface area is 153 Å². The normalized spacial score (nSPS) is 21.7. The van der Waals surface area contributed by atoms with Crippen LogP contribution in [0.4, 0.5) is 0 Å². The van der Waals surface area contributed by atoms with E-state index >= 15 is 0 Å². The van der Waals surface area contributed by atoms with Crippen molar-refractivity contribution >= 4 is 17.2 Å². The van der Waals surface area contributed by atoms with E-state index in [0.29, 0.717) is 12.5 Å². The van der Waals surface area contributed by atoms with Gasteiger partial charge in [0.2, 0.25) is 5.91 Å². The lowest BCUT2D eigenvalue weighted by Gasteiger charge is -2.47. The van der Waals surface area contributed by atoms with Crippen molar-refractivity contribution in [2.45, 2.75) is 31.0 Å². The van der Waals surface area contributed by atoms with Crippen molar-refractivity contribution in [2.75, 3.05) is 26.7 Å². The zero-order chi connectivity index (χ0) is 17.3. The zero-order valence-electron chi connectivity index (χ0n) is 14.6. The Kier molecular flexibility index (Phi) is 4.63. The van der Waals surface area contributed by atoms with Crippen LogP contribution < -0.4 is 0 Å². The van der Waals surface area contributed by atoms with Gasteiger partial charge >= 0.3 is 0 Å². The van der Waals surface area contributed by atoms with Crippen LogP contribution in [0.1, 0.15) is 16.9 Å². The number of carbonyl (C=O) groups is 1. The molecule has 25 heavy (non-hydrogen) atoms. The van der Waals surface area contributed by atoms with Crippen LogP contribution in [0.3, 0.4) is 0 Å². The number of benzene rings is 1. The summed E-state index contributed by atoms with van der Waals surface area (Å²) in [5.74, 6) is 0.220. The number of carbonyl (C=O) groups excluding carboxylic acids is 1. The maximum Gasteiger partial charge on any atom is 0.228 e. The molecule has 5 heteroatoms. The molecule has 0 N–H and O–H groups in total. The second-order valence-electron chi connectivity index (χ2n) is 7.26. The first kappa shape index (κ1) is 16.8. The van der Waals surface area contributed by atoms with Crippen LogP contribution in [0.5, 0.6) is 0 Å². The molecule has 1 amide bonds. The van der Waals surface area contributed by atoms with E-state index in [1.165, 1.54) is 5.56 Å². The topological polar surface area (TPSA) is 32.8 Å². The van der Waals surface area contributed by atoms with Crippen LogP contribution in [-0.4, -0.2) is 54.1 Å². The number of hydrogen-bond acceptors (Lipinski definition) is 4. The van der Waals surface area contributed by atoms with E-state index in [1.54, 1.807) is 11.3 Å². The summed E-state index contributed by atoms with van der Waals surface area (Å²) in [6.07, 6.45) is 1.53. The molecule has 2 aromatic rings. The highest BCUT2D eigenvalue weighted by Gasteiger charge is 2.51. The molecule has 4 rings (SSSR count). The standard InChI is InChI=1S/C20H24N2O2S/c1-21(12-16-6-3-2-4-7-16)17-11-20(24-13-17)14-22(15-20)19(23)10-18-8-5-9-25-18/h2-9,17H,10-15H2,1H3. The minimum absolute atomic E-state index is 0.110. The number of likely N-dealkylation sites (N-methyl/N-ethyl adjacent to an activating group) is 1. The van der Waals surface area contributed by atoms with Gasteiger partial charge in [-0.25, -0.2) is 0 Å². The first-order chi connectivity index (χ1) is 12.1. The molecular formula is C20H24N2O2S. The highest BCUT2D eigenvalue weighted by Crippen LogP contribution is 2.37. The fourth-order valence-electron chi connectivity index (χ4n) is 3.82. The Hall–Kier alpha value is -1.69. The molecule has 0 saturated carbocycles. The summed E-state index contributed by atoms with van der Waals surface area (Å²) in [6, 6.07) is 15.0. The van der Waals surface area contributed by atoms with Crippen molar-refractivity contribution in [2.24, 2.45) is 0 Å². The van der Waals surface area contributed by atoms with Crippen molar-refractivity contribution < 1.29 is 9.53 Å². The fraction of sp³-hybridized carbons (Fsp3) is 0.450. The minimum atomic E-state index is -0.110. The molecule has 0 radical (unpaired) electrons. The van der Waals surface area contributed by atoms with Crippen molar-refractivity contribution in [1.82, 2.24) is 9.80 Å². The van der Waals surface area contributed by atoms with E-state index in [-0.39, 0.29) is 11.5 Å².